The van der Waals surface area contributed by atoms with Gasteiger partial charge in [0, 0.05) is 30.5 Å². The van der Waals surface area contributed by atoms with Crippen molar-refractivity contribution >= 4 is 21.6 Å². The second-order valence-corrected chi connectivity index (χ2v) is 8.50. The van der Waals surface area contributed by atoms with E-state index >= 15 is 0 Å². The van der Waals surface area contributed by atoms with Gasteiger partial charge in [0.2, 0.25) is 10.0 Å². The molecule has 1 aliphatic heterocycles. The fourth-order valence-electron chi connectivity index (χ4n) is 3.75. The smallest absolute Gasteiger partial charge is 0.244 e. The zero-order chi connectivity index (χ0) is 13.9. The zero-order valence-electron chi connectivity index (χ0n) is 11.3. The molecule has 2 unspecified atom stereocenters. The maximum absolute atomic E-state index is 12.8. The molecule has 3 fully saturated rings. The highest BCUT2D eigenvalue weighted by Gasteiger charge is 2.44. The molecule has 2 saturated carbocycles. The Labute approximate surface area is 124 Å². The SMILES string of the molecule is O=S(=O)(c1cc(CCl)n(C2CC2)c1)N1CC2CCC1C2. The number of rotatable bonds is 4. The maximum atomic E-state index is 12.8. The molecule has 0 spiro atoms. The van der Waals surface area contributed by atoms with Crippen LogP contribution in [0.5, 0.6) is 0 Å². The van der Waals surface area contributed by atoms with Crippen molar-refractivity contribution in [1.29, 1.82) is 0 Å². The molecule has 110 valence electrons. The number of nitrogens with zero attached hydrogens (tertiary/aromatic N) is 2. The van der Waals surface area contributed by atoms with Gasteiger partial charge in [-0.05, 0) is 44.1 Å². The molecular formula is C14H19ClN2O2S. The lowest BCUT2D eigenvalue weighted by atomic mass is 10.1. The molecule has 0 radical (unpaired) electrons. The summed E-state index contributed by atoms with van der Waals surface area (Å²) in [6.45, 7) is 0.706. The number of hydrogen-bond donors (Lipinski definition) is 0. The Bertz CT molecular complexity index is 636. The van der Waals surface area contributed by atoms with Gasteiger partial charge in [0.25, 0.3) is 0 Å². The fourth-order valence-corrected chi connectivity index (χ4v) is 5.76. The van der Waals surface area contributed by atoms with E-state index < -0.39 is 10.0 Å². The van der Waals surface area contributed by atoms with Crippen molar-refractivity contribution in [3.05, 3.63) is 18.0 Å². The van der Waals surface area contributed by atoms with Crippen LogP contribution < -0.4 is 0 Å². The number of fused-ring (bicyclic) bond motifs is 2. The quantitative estimate of drug-likeness (QED) is 0.802. The second-order valence-electron chi connectivity index (χ2n) is 6.35. The number of alkyl halides is 1. The molecular weight excluding hydrogens is 296 g/mol. The van der Waals surface area contributed by atoms with E-state index in [0.29, 0.717) is 29.3 Å². The van der Waals surface area contributed by atoms with Gasteiger partial charge in [-0.3, -0.25) is 0 Å². The number of sulfonamides is 1. The monoisotopic (exact) mass is 314 g/mol. The van der Waals surface area contributed by atoms with E-state index in [4.69, 9.17) is 11.6 Å². The molecule has 4 nitrogen and oxygen atoms in total. The van der Waals surface area contributed by atoms with Gasteiger partial charge in [0.05, 0.1) is 5.88 Å². The Morgan fingerprint density at radius 1 is 1.20 bits per heavy atom. The lowest BCUT2D eigenvalue weighted by Crippen LogP contribution is -2.37. The Hall–Kier alpha value is -0.520. The Morgan fingerprint density at radius 3 is 2.50 bits per heavy atom. The molecule has 2 bridgehead atoms. The van der Waals surface area contributed by atoms with Crippen LogP contribution in [0.4, 0.5) is 0 Å². The third-order valence-corrected chi connectivity index (χ3v) is 7.11. The number of aromatic nitrogens is 1. The van der Waals surface area contributed by atoms with Gasteiger partial charge in [-0.15, -0.1) is 11.6 Å². The zero-order valence-corrected chi connectivity index (χ0v) is 12.9. The second kappa shape index (κ2) is 4.49. The molecule has 2 atom stereocenters. The van der Waals surface area contributed by atoms with E-state index in [9.17, 15) is 8.42 Å². The lowest BCUT2D eigenvalue weighted by molar-refractivity contribution is 0.333. The molecule has 20 heavy (non-hydrogen) atoms. The van der Waals surface area contributed by atoms with Crippen molar-refractivity contribution in [2.75, 3.05) is 6.54 Å². The van der Waals surface area contributed by atoms with Crippen LogP contribution in [0.25, 0.3) is 0 Å². The fraction of sp³-hybridized carbons (Fsp3) is 0.714. The van der Waals surface area contributed by atoms with E-state index in [1.807, 2.05) is 0 Å². The molecule has 4 rings (SSSR count). The molecule has 2 heterocycles. The minimum Gasteiger partial charge on any atom is -0.346 e. The molecule has 1 aromatic rings. The van der Waals surface area contributed by atoms with Gasteiger partial charge in [-0.25, -0.2) is 8.42 Å². The summed E-state index contributed by atoms with van der Waals surface area (Å²) in [5.41, 5.74) is 0.928. The van der Waals surface area contributed by atoms with Crippen LogP contribution >= 0.6 is 11.6 Å². The Morgan fingerprint density at radius 2 is 1.95 bits per heavy atom. The first-order valence-corrected chi connectivity index (χ1v) is 9.35. The highest BCUT2D eigenvalue weighted by Crippen LogP contribution is 2.42. The van der Waals surface area contributed by atoms with Crippen LogP contribution in [-0.2, 0) is 15.9 Å². The predicted molar refractivity (Wildman–Crippen MR) is 77.3 cm³/mol. The van der Waals surface area contributed by atoms with Crippen LogP contribution in [0.3, 0.4) is 0 Å². The van der Waals surface area contributed by atoms with Gasteiger partial charge >= 0.3 is 0 Å². The van der Waals surface area contributed by atoms with E-state index in [0.717, 1.165) is 31.4 Å². The standard InChI is InChI=1S/C14H19ClN2O2S/c15-7-13-6-14(9-16(13)11-3-4-11)20(18,19)17-8-10-1-2-12(17)5-10/h6,9-12H,1-5,7-8H2. The van der Waals surface area contributed by atoms with Crippen LogP contribution in [0, 0.1) is 5.92 Å². The molecule has 6 heteroatoms. The van der Waals surface area contributed by atoms with Gasteiger partial charge in [-0.2, -0.15) is 4.31 Å². The van der Waals surface area contributed by atoms with E-state index in [-0.39, 0.29) is 6.04 Å². The van der Waals surface area contributed by atoms with Crippen LogP contribution in [0.15, 0.2) is 17.2 Å². The van der Waals surface area contributed by atoms with Gasteiger partial charge < -0.3 is 4.57 Å². The van der Waals surface area contributed by atoms with Gasteiger partial charge in [-0.1, -0.05) is 0 Å². The number of piperidine rings is 1. The molecule has 3 aliphatic rings. The maximum Gasteiger partial charge on any atom is 0.244 e. The van der Waals surface area contributed by atoms with Crippen molar-refractivity contribution in [2.24, 2.45) is 5.92 Å². The molecule has 0 aromatic carbocycles. The van der Waals surface area contributed by atoms with Crippen LogP contribution in [0.2, 0.25) is 0 Å². The van der Waals surface area contributed by atoms with Crippen LogP contribution in [0.1, 0.15) is 43.8 Å². The first kappa shape index (κ1) is 13.2. The largest absolute Gasteiger partial charge is 0.346 e. The third kappa shape index (κ3) is 1.94. The summed E-state index contributed by atoms with van der Waals surface area (Å²) in [4.78, 5) is 0.438. The summed E-state index contributed by atoms with van der Waals surface area (Å²) >= 11 is 5.96. The molecule has 1 saturated heterocycles. The van der Waals surface area contributed by atoms with Crippen molar-refractivity contribution in [3.8, 4) is 0 Å². The molecule has 0 amide bonds. The van der Waals surface area contributed by atoms with Gasteiger partial charge in [0.1, 0.15) is 4.90 Å². The minimum absolute atomic E-state index is 0.230. The Balaban J connectivity index is 1.69. The summed E-state index contributed by atoms with van der Waals surface area (Å²) in [5.74, 6) is 0.950. The third-order valence-electron chi connectivity index (χ3n) is 4.95. The van der Waals surface area contributed by atoms with Crippen molar-refractivity contribution in [3.63, 3.8) is 0 Å². The first-order chi connectivity index (χ1) is 9.59. The van der Waals surface area contributed by atoms with E-state index in [1.165, 1.54) is 6.42 Å². The van der Waals surface area contributed by atoms with E-state index in [2.05, 4.69) is 4.57 Å². The van der Waals surface area contributed by atoms with Gasteiger partial charge in [0.15, 0.2) is 0 Å². The topological polar surface area (TPSA) is 42.3 Å². The summed E-state index contributed by atoms with van der Waals surface area (Å²) in [6.07, 6.45) is 7.32. The minimum atomic E-state index is -3.33. The lowest BCUT2D eigenvalue weighted by Gasteiger charge is -2.25. The van der Waals surface area contributed by atoms with Crippen LogP contribution in [-0.4, -0.2) is 29.9 Å². The number of hydrogen-bond acceptors (Lipinski definition) is 2. The molecule has 1 aromatic heterocycles. The Kier molecular flexibility index (Phi) is 2.95. The average molecular weight is 315 g/mol. The average Bonchev–Trinajstić information content (AvgIpc) is 2.92. The van der Waals surface area contributed by atoms with Crippen molar-refractivity contribution in [1.82, 2.24) is 8.87 Å². The first-order valence-electron chi connectivity index (χ1n) is 7.38. The van der Waals surface area contributed by atoms with Crippen molar-refractivity contribution < 1.29 is 8.42 Å². The predicted octanol–water partition coefficient (Wildman–Crippen LogP) is 2.73. The summed E-state index contributed by atoms with van der Waals surface area (Å²) in [6, 6.07) is 2.46. The highest BCUT2D eigenvalue weighted by molar-refractivity contribution is 7.89. The number of halogens is 1. The van der Waals surface area contributed by atoms with E-state index in [1.54, 1.807) is 16.6 Å². The highest BCUT2D eigenvalue weighted by atomic mass is 35.5. The summed E-state index contributed by atoms with van der Waals surface area (Å²) in [7, 11) is -3.33. The molecule has 0 N–H and O–H groups in total. The summed E-state index contributed by atoms with van der Waals surface area (Å²) in [5, 5.41) is 0. The summed E-state index contributed by atoms with van der Waals surface area (Å²) < 4.78 is 29.4. The normalized spacial score (nSPS) is 30.2. The van der Waals surface area contributed by atoms with Crippen molar-refractivity contribution in [2.45, 2.75) is 55.0 Å². The molecule has 2 aliphatic carbocycles.